The van der Waals surface area contributed by atoms with Gasteiger partial charge >= 0.3 is 0 Å². The molecule has 142 valence electrons. The van der Waals surface area contributed by atoms with E-state index in [-0.39, 0.29) is 11.6 Å². The van der Waals surface area contributed by atoms with Gasteiger partial charge in [-0.25, -0.2) is 15.0 Å². The largest absolute Gasteiger partial charge is 0.368 e. The van der Waals surface area contributed by atoms with Gasteiger partial charge in [0.25, 0.3) is 5.69 Å². The molecule has 9 nitrogen and oxygen atoms in total. The fourth-order valence-corrected chi connectivity index (χ4v) is 3.24. The molecule has 4 aromatic rings. The lowest BCUT2D eigenvalue weighted by Crippen LogP contribution is -2.05. The standard InChI is InChI=1S/C20H15N7O2/c21-20-25-18(12-5-7-14(8-6-12)27(28)29)24-19(26-20)15-10-13-2-1-9-22-17(13)23-16(15)11-3-4-11/h1-2,5-11H,3-4H2,(H2,21,24,25,26). The van der Waals surface area contributed by atoms with Gasteiger partial charge in [-0.3, -0.25) is 10.1 Å². The second-order valence-corrected chi connectivity index (χ2v) is 6.89. The Morgan fingerprint density at radius 2 is 1.76 bits per heavy atom. The van der Waals surface area contributed by atoms with E-state index >= 15 is 0 Å². The number of nitrogen functional groups attached to an aromatic ring is 1. The van der Waals surface area contributed by atoms with E-state index in [9.17, 15) is 10.1 Å². The van der Waals surface area contributed by atoms with Crippen molar-refractivity contribution in [2.45, 2.75) is 18.8 Å². The first-order valence-corrected chi connectivity index (χ1v) is 9.11. The first-order chi connectivity index (χ1) is 14.1. The molecule has 1 aliphatic rings. The Balaban J connectivity index is 1.65. The average molecular weight is 385 g/mol. The number of nitrogens with two attached hydrogens (primary N) is 1. The molecule has 3 heterocycles. The summed E-state index contributed by atoms with van der Waals surface area (Å²) in [5.41, 5.74) is 9.00. The van der Waals surface area contributed by atoms with E-state index in [0.717, 1.165) is 29.5 Å². The van der Waals surface area contributed by atoms with Gasteiger partial charge in [0.2, 0.25) is 5.95 Å². The van der Waals surface area contributed by atoms with E-state index in [2.05, 4.69) is 19.9 Å². The lowest BCUT2D eigenvalue weighted by atomic mass is 10.1. The first-order valence-electron chi connectivity index (χ1n) is 9.11. The Bertz CT molecular complexity index is 1250. The Morgan fingerprint density at radius 1 is 1.00 bits per heavy atom. The highest BCUT2D eigenvalue weighted by Gasteiger charge is 2.30. The number of rotatable bonds is 4. The summed E-state index contributed by atoms with van der Waals surface area (Å²) < 4.78 is 0. The van der Waals surface area contributed by atoms with E-state index in [0.29, 0.717) is 28.8 Å². The normalized spacial score (nSPS) is 13.5. The maximum absolute atomic E-state index is 10.9. The highest BCUT2D eigenvalue weighted by atomic mass is 16.6. The number of anilines is 1. The summed E-state index contributed by atoms with van der Waals surface area (Å²) in [6.45, 7) is 0. The number of nitro groups is 1. The van der Waals surface area contributed by atoms with Crippen molar-refractivity contribution in [3.63, 3.8) is 0 Å². The lowest BCUT2D eigenvalue weighted by Gasteiger charge is -2.10. The van der Waals surface area contributed by atoms with Gasteiger partial charge in [-0.15, -0.1) is 0 Å². The quantitative estimate of drug-likeness (QED) is 0.416. The zero-order valence-corrected chi connectivity index (χ0v) is 15.2. The van der Waals surface area contributed by atoms with Crippen molar-refractivity contribution in [3.05, 3.63) is 64.5 Å². The van der Waals surface area contributed by atoms with Gasteiger partial charge in [-0.05, 0) is 43.2 Å². The van der Waals surface area contributed by atoms with Crippen LogP contribution in [-0.4, -0.2) is 29.8 Å². The minimum atomic E-state index is -0.451. The molecule has 5 rings (SSSR count). The Hall–Kier alpha value is -4.01. The molecule has 1 fully saturated rings. The molecule has 9 heteroatoms. The van der Waals surface area contributed by atoms with Gasteiger partial charge in [0.1, 0.15) is 0 Å². The summed E-state index contributed by atoms with van der Waals surface area (Å²) >= 11 is 0. The number of non-ortho nitro benzene ring substituents is 1. The molecule has 0 bridgehead atoms. The lowest BCUT2D eigenvalue weighted by molar-refractivity contribution is -0.384. The Kier molecular flexibility index (Phi) is 3.87. The van der Waals surface area contributed by atoms with Crippen LogP contribution in [0.3, 0.4) is 0 Å². The second kappa shape index (κ2) is 6.55. The molecule has 0 radical (unpaired) electrons. The summed E-state index contributed by atoms with van der Waals surface area (Å²) in [4.78, 5) is 32.7. The van der Waals surface area contributed by atoms with Crippen molar-refractivity contribution in [2.24, 2.45) is 0 Å². The number of benzene rings is 1. The van der Waals surface area contributed by atoms with E-state index < -0.39 is 4.92 Å². The van der Waals surface area contributed by atoms with Crippen LogP contribution in [0.1, 0.15) is 24.5 Å². The third-order valence-corrected chi connectivity index (χ3v) is 4.81. The van der Waals surface area contributed by atoms with Crippen molar-refractivity contribution < 1.29 is 4.92 Å². The minimum Gasteiger partial charge on any atom is -0.368 e. The molecule has 29 heavy (non-hydrogen) atoms. The molecule has 1 saturated carbocycles. The van der Waals surface area contributed by atoms with Crippen molar-refractivity contribution in [1.82, 2.24) is 24.9 Å². The molecule has 1 aliphatic carbocycles. The molecule has 0 unspecified atom stereocenters. The predicted molar refractivity (Wildman–Crippen MR) is 107 cm³/mol. The molecule has 0 saturated heterocycles. The Labute approximate surface area is 164 Å². The number of hydrogen-bond acceptors (Lipinski definition) is 8. The fourth-order valence-electron chi connectivity index (χ4n) is 3.24. The van der Waals surface area contributed by atoms with Crippen molar-refractivity contribution in [2.75, 3.05) is 5.73 Å². The van der Waals surface area contributed by atoms with E-state index in [1.165, 1.54) is 12.1 Å². The van der Waals surface area contributed by atoms with Crippen LogP contribution in [0.4, 0.5) is 11.6 Å². The van der Waals surface area contributed by atoms with Gasteiger partial charge in [-0.2, -0.15) is 9.97 Å². The van der Waals surface area contributed by atoms with Crippen LogP contribution in [0.25, 0.3) is 33.8 Å². The zero-order valence-electron chi connectivity index (χ0n) is 15.2. The first kappa shape index (κ1) is 17.1. The van der Waals surface area contributed by atoms with Gasteiger partial charge < -0.3 is 5.73 Å². The van der Waals surface area contributed by atoms with Gasteiger partial charge in [-0.1, -0.05) is 0 Å². The molecule has 1 aromatic carbocycles. The SMILES string of the molecule is Nc1nc(-c2ccc([N+](=O)[O-])cc2)nc(-c2cc3cccnc3nc2C2CC2)n1. The number of nitrogens with zero attached hydrogens (tertiary/aromatic N) is 6. The van der Waals surface area contributed by atoms with Crippen LogP contribution in [0.5, 0.6) is 0 Å². The molecule has 0 amide bonds. The predicted octanol–water partition coefficient (Wildman–Crippen LogP) is 3.52. The highest BCUT2D eigenvalue weighted by Crippen LogP contribution is 2.43. The molecule has 3 aromatic heterocycles. The van der Waals surface area contributed by atoms with Gasteiger partial charge in [0, 0.05) is 40.8 Å². The maximum atomic E-state index is 10.9. The molecule has 0 aliphatic heterocycles. The van der Waals surface area contributed by atoms with Crippen LogP contribution in [0.2, 0.25) is 0 Å². The minimum absolute atomic E-state index is 0.00162. The molecular formula is C20H15N7O2. The van der Waals surface area contributed by atoms with E-state index in [1.807, 2.05) is 18.2 Å². The third-order valence-electron chi connectivity index (χ3n) is 4.81. The summed E-state index contributed by atoms with van der Waals surface area (Å²) in [6.07, 6.45) is 3.85. The number of pyridine rings is 2. The van der Waals surface area contributed by atoms with E-state index in [4.69, 9.17) is 10.7 Å². The maximum Gasteiger partial charge on any atom is 0.269 e. The molecule has 0 atom stereocenters. The van der Waals surface area contributed by atoms with Gasteiger partial charge in [0.05, 0.1) is 10.6 Å². The smallest absolute Gasteiger partial charge is 0.269 e. The average Bonchev–Trinajstić information content (AvgIpc) is 3.58. The zero-order chi connectivity index (χ0) is 20.0. The second-order valence-electron chi connectivity index (χ2n) is 6.89. The highest BCUT2D eigenvalue weighted by molar-refractivity contribution is 5.81. The Morgan fingerprint density at radius 3 is 2.48 bits per heavy atom. The van der Waals surface area contributed by atoms with Crippen LogP contribution >= 0.6 is 0 Å². The number of hydrogen-bond donors (Lipinski definition) is 1. The summed E-state index contributed by atoms with van der Waals surface area (Å²) in [5.74, 6) is 1.23. The fraction of sp³-hybridized carbons (Fsp3) is 0.150. The van der Waals surface area contributed by atoms with Crippen molar-refractivity contribution in [1.29, 1.82) is 0 Å². The van der Waals surface area contributed by atoms with Crippen LogP contribution in [0.15, 0.2) is 48.7 Å². The van der Waals surface area contributed by atoms with Crippen LogP contribution < -0.4 is 5.73 Å². The van der Waals surface area contributed by atoms with Crippen molar-refractivity contribution >= 4 is 22.7 Å². The van der Waals surface area contributed by atoms with Gasteiger partial charge in [0.15, 0.2) is 17.3 Å². The topological polar surface area (TPSA) is 134 Å². The number of fused-ring (bicyclic) bond motifs is 1. The monoisotopic (exact) mass is 385 g/mol. The van der Waals surface area contributed by atoms with Crippen LogP contribution in [-0.2, 0) is 0 Å². The molecular weight excluding hydrogens is 370 g/mol. The molecule has 2 N–H and O–H groups in total. The number of nitro benzene ring substituents is 1. The molecule has 0 spiro atoms. The van der Waals surface area contributed by atoms with Crippen molar-refractivity contribution in [3.8, 4) is 22.8 Å². The summed E-state index contributed by atoms with van der Waals surface area (Å²) in [6, 6.07) is 11.8. The number of aromatic nitrogens is 5. The van der Waals surface area contributed by atoms with Crippen LogP contribution in [0, 0.1) is 10.1 Å². The van der Waals surface area contributed by atoms with E-state index in [1.54, 1.807) is 18.3 Å². The summed E-state index contributed by atoms with van der Waals surface area (Å²) in [5, 5.41) is 11.8. The third kappa shape index (κ3) is 3.22. The summed E-state index contributed by atoms with van der Waals surface area (Å²) in [7, 11) is 0.